The van der Waals surface area contributed by atoms with E-state index in [2.05, 4.69) is 0 Å². The van der Waals surface area contributed by atoms with Crippen molar-refractivity contribution in [3.05, 3.63) is 64.4 Å². The Bertz CT molecular complexity index is 1330. The van der Waals surface area contributed by atoms with Crippen LogP contribution >= 0.6 is 0 Å². The van der Waals surface area contributed by atoms with E-state index in [1.54, 1.807) is 30.3 Å². The van der Waals surface area contributed by atoms with Crippen LogP contribution in [0.15, 0.2) is 47.7 Å². The van der Waals surface area contributed by atoms with Gasteiger partial charge in [-0.1, -0.05) is 18.2 Å². The second kappa shape index (κ2) is 9.21. The Morgan fingerprint density at radius 2 is 1.81 bits per heavy atom. The van der Waals surface area contributed by atoms with Gasteiger partial charge >= 0.3 is 0 Å². The van der Waals surface area contributed by atoms with E-state index in [9.17, 15) is 39.6 Å². The molecule has 10 heteroatoms. The normalized spacial score (nSPS) is 23.1. The summed E-state index contributed by atoms with van der Waals surface area (Å²) in [5.74, 6) is -6.37. The third-order valence-electron chi connectivity index (χ3n) is 7.09. The zero-order chi connectivity index (χ0) is 26.4. The smallest absolute Gasteiger partial charge is 0.248 e. The van der Waals surface area contributed by atoms with Crippen LogP contribution in [0.2, 0.25) is 0 Å². The van der Waals surface area contributed by atoms with Crippen molar-refractivity contribution in [1.29, 1.82) is 0 Å². The standard InChI is InChI=1S/C26H26N2O8/c27-20(32)11-19(31)26(36)15(6-7-29)9-14-10-17-16(12-2-1-3-13(8-12)25(28)35)4-5-18(30)22(17)23(33)21(14)24(26)34/h1-5,8,14-15,29-30,34,36H,6-7,9-11H2,(H2,27,32)(H2,28,35)/t14-,15-,26-/m1/s1. The Balaban J connectivity index is 1.90. The first-order chi connectivity index (χ1) is 17.0. The zero-order valence-electron chi connectivity index (χ0n) is 19.2. The van der Waals surface area contributed by atoms with Gasteiger partial charge in [-0.05, 0) is 60.1 Å². The van der Waals surface area contributed by atoms with Gasteiger partial charge < -0.3 is 31.9 Å². The molecule has 0 saturated heterocycles. The van der Waals surface area contributed by atoms with E-state index in [-0.39, 0.29) is 41.7 Å². The maximum absolute atomic E-state index is 13.6. The molecule has 3 atom stereocenters. The highest BCUT2D eigenvalue weighted by molar-refractivity contribution is 6.15. The average Bonchev–Trinajstić information content (AvgIpc) is 2.82. The van der Waals surface area contributed by atoms with Crippen LogP contribution in [0.5, 0.6) is 5.75 Å². The van der Waals surface area contributed by atoms with Gasteiger partial charge in [0.05, 0.1) is 12.0 Å². The van der Waals surface area contributed by atoms with Gasteiger partial charge in [0.2, 0.25) is 11.8 Å². The Labute approximate surface area is 205 Å². The van der Waals surface area contributed by atoms with E-state index < -0.39 is 59.6 Å². The number of rotatable bonds is 7. The van der Waals surface area contributed by atoms with Crippen molar-refractivity contribution < 1.29 is 39.6 Å². The van der Waals surface area contributed by atoms with Crippen LogP contribution in [0.4, 0.5) is 0 Å². The molecule has 8 N–H and O–H groups in total. The molecule has 0 spiro atoms. The fraction of sp³-hybridized carbons (Fsp3) is 0.308. The number of ketones is 2. The molecule has 36 heavy (non-hydrogen) atoms. The summed E-state index contributed by atoms with van der Waals surface area (Å²) in [4.78, 5) is 49.5. The molecule has 0 fully saturated rings. The number of nitrogens with two attached hydrogens (primary N) is 2. The maximum Gasteiger partial charge on any atom is 0.248 e. The summed E-state index contributed by atoms with van der Waals surface area (Å²) in [5.41, 5.74) is 9.50. The molecule has 0 bridgehead atoms. The molecule has 4 rings (SSSR count). The van der Waals surface area contributed by atoms with Gasteiger partial charge in [-0.3, -0.25) is 19.2 Å². The third-order valence-corrected chi connectivity index (χ3v) is 7.09. The summed E-state index contributed by atoms with van der Waals surface area (Å²) in [6.45, 7) is -0.414. The van der Waals surface area contributed by atoms with Crippen LogP contribution in [-0.4, -0.2) is 56.0 Å². The number of carbonyl (C=O) groups excluding carboxylic acids is 4. The number of aliphatic hydroxyl groups is 3. The van der Waals surface area contributed by atoms with Crippen LogP contribution in [-0.2, 0) is 16.0 Å². The summed E-state index contributed by atoms with van der Waals surface area (Å²) in [6, 6.07) is 9.40. The predicted molar refractivity (Wildman–Crippen MR) is 127 cm³/mol. The lowest BCUT2D eigenvalue weighted by Gasteiger charge is -2.43. The Hall–Kier alpha value is -4.02. The Kier molecular flexibility index (Phi) is 6.42. The number of fused-ring (bicyclic) bond motifs is 2. The van der Waals surface area contributed by atoms with Gasteiger partial charge in [-0.15, -0.1) is 0 Å². The molecule has 2 aliphatic rings. The molecule has 0 heterocycles. The Morgan fingerprint density at radius 3 is 2.44 bits per heavy atom. The summed E-state index contributed by atoms with van der Waals surface area (Å²) in [6.07, 6.45) is -0.740. The lowest BCUT2D eigenvalue weighted by molar-refractivity contribution is -0.147. The van der Waals surface area contributed by atoms with E-state index in [1.807, 2.05) is 0 Å². The SMILES string of the molecule is NC(=O)CC(=O)[C@@]1(O)C(O)=C2C(=O)c3c(O)ccc(-c4cccc(C(N)=O)c4)c3C[C@H]2C[C@H]1CCO. The Morgan fingerprint density at radius 1 is 1.08 bits per heavy atom. The minimum atomic E-state index is -2.58. The molecule has 2 aromatic carbocycles. The van der Waals surface area contributed by atoms with Crippen LogP contribution in [0.3, 0.4) is 0 Å². The number of Topliss-reactive ketones (excluding diaryl/α,β-unsaturated/α-hetero) is 2. The van der Waals surface area contributed by atoms with Gasteiger partial charge in [0.25, 0.3) is 0 Å². The van der Waals surface area contributed by atoms with Crippen molar-refractivity contribution in [2.45, 2.75) is 31.3 Å². The van der Waals surface area contributed by atoms with E-state index in [1.165, 1.54) is 6.07 Å². The molecule has 10 nitrogen and oxygen atoms in total. The molecule has 2 aliphatic carbocycles. The minimum Gasteiger partial charge on any atom is -0.508 e. The number of carbonyl (C=O) groups is 4. The van der Waals surface area contributed by atoms with Crippen LogP contribution in [0.1, 0.15) is 45.5 Å². The van der Waals surface area contributed by atoms with Crippen LogP contribution in [0.25, 0.3) is 11.1 Å². The zero-order valence-corrected chi connectivity index (χ0v) is 19.2. The molecular formula is C26H26N2O8. The van der Waals surface area contributed by atoms with Crippen molar-refractivity contribution in [2.75, 3.05) is 6.61 Å². The number of benzene rings is 2. The molecule has 0 aromatic heterocycles. The van der Waals surface area contributed by atoms with Crippen LogP contribution in [0, 0.1) is 11.8 Å². The summed E-state index contributed by atoms with van der Waals surface area (Å²) >= 11 is 0. The monoisotopic (exact) mass is 494 g/mol. The van der Waals surface area contributed by atoms with Crippen molar-refractivity contribution in [1.82, 2.24) is 0 Å². The lowest BCUT2D eigenvalue weighted by atomic mass is 9.62. The number of hydrogen-bond acceptors (Lipinski definition) is 8. The van der Waals surface area contributed by atoms with Gasteiger partial charge in [-0.25, -0.2) is 0 Å². The summed E-state index contributed by atoms with van der Waals surface area (Å²) < 4.78 is 0. The molecule has 2 amide bonds. The van der Waals surface area contributed by atoms with Gasteiger partial charge in [0, 0.05) is 23.7 Å². The maximum atomic E-state index is 13.6. The number of phenolic OH excluding ortho intramolecular Hbond substituents is 1. The van der Waals surface area contributed by atoms with Crippen molar-refractivity contribution >= 4 is 23.4 Å². The molecule has 2 aromatic rings. The largest absolute Gasteiger partial charge is 0.508 e. The fourth-order valence-electron chi connectivity index (χ4n) is 5.43. The van der Waals surface area contributed by atoms with E-state index in [0.29, 0.717) is 16.7 Å². The molecular weight excluding hydrogens is 468 g/mol. The van der Waals surface area contributed by atoms with Crippen molar-refractivity contribution in [2.24, 2.45) is 23.3 Å². The van der Waals surface area contributed by atoms with Gasteiger partial charge in [0.1, 0.15) is 11.5 Å². The number of phenols is 1. The number of aromatic hydroxyl groups is 1. The number of aliphatic hydroxyl groups excluding tert-OH is 2. The molecule has 0 unspecified atom stereocenters. The quantitative estimate of drug-likeness (QED) is 0.305. The molecule has 0 saturated carbocycles. The summed E-state index contributed by atoms with van der Waals surface area (Å²) in [7, 11) is 0. The second-order valence-electron chi connectivity index (χ2n) is 9.20. The first-order valence-corrected chi connectivity index (χ1v) is 11.4. The van der Waals surface area contributed by atoms with E-state index in [0.717, 1.165) is 0 Å². The molecule has 0 radical (unpaired) electrons. The fourth-order valence-corrected chi connectivity index (χ4v) is 5.43. The van der Waals surface area contributed by atoms with Gasteiger partial charge in [-0.2, -0.15) is 0 Å². The second-order valence-corrected chi connectivity index (χ2v) is 9.20. The highest BCUT2D eigenvalue weighted by Gasteiger charge is 2.55. The highest BCUT2D eigenvalue weighted by Crippen LogP contribution is 2.50. The third kappa shape index (κ3) is 3.94. The summed E-state index contributed by atoms with van der Waals surface area (Å²) in [5, 5.41) is 42.5. The highest BCUT2D eigenvalue weighted by atomic mass is 16.3. The van der Waals surface area contributed by atoms with Gasteiger partial charge in [0.15, 0.2) is 17.2 Å². The van der Waals surface area contributed by atoms with E-state index >= 15 is 0 Å². The van der Waals surface area contributed by atoms with E-state index in [4.69, 9.17) is 11.5 Å². The van der Waals surface area contributed by atoms with Crippen molar-refractivity contribution in [3.8, 4) is 16.9 Å². The molecule has 0 aliphatic heterocycles. The number of allylic oxidation sites excluding steroid dienone is 1. The first-order valence-electron chi connectivity index (χ1n) is 11.4. The molecule has 188 valence electrons. The van der Waals surface area contributed by atoms with Crippen molar-refractivity contribution in [3.63, 3.8) is 0 Å². The topological polar surface area (TPSA) is 201 Å². The number of primary amides is 2. The van der Waals surface area contributed by atoms with Crippen LogP contribution < -0.4 is 11.5 Å². The predicted octanol–water partition coefficient (Wildman–Crippen LogP) is 0.903. The average molecular weight is 495 g/mol. The minimum absolute atomic E-state index is 0.0442. The number of amides is 2. The number of hydrogen-bond donors (Lipinski definition) is 6. The lowest BCUT2D eigenvalue weighted by Crippen LogP contribution is -2.54. The first kappa shape index (κ1) is 25.1.